The number of rotatable bonds is 6. The highest BCUT2D eigenvalue weighted by molar-refractivity contribution is 9.10. The normalized spacial score (nSPS) is 12.0. The highest BCUT2D eigenvalue weighted by Gasteiger charge is 2.19. The Kier molecular flexibility index (Phi) is 6.11. The van der Waals surface area contributed by atoms with Crippen LogP contribution in [0.15, 0.2) is 62.6 Å². The predicted octanol–water partition coefficient (Wildman–Crippen LogP) is 5.18. The van der Waals surface area contributed by atoms with Gasteiger partial charge in [-0.3, -0.25) is 4.79 Å². The molecule has 7 heteroatoms. The van der Waals surface area contributed by atoms with Crippen molar-refractivity contribution in [3.8, 4) is 11.5 Å². The molecule has 3 rings (SSSR count). The first kappa shape index (κ1) is 18.7. The van der Waals surface area contributed by atoms with Crippen LogP contribution in [0.3, 0.4) is 0 Å². The molecule has 0 unspecified atom stereocenters. The van der Waals surface area contributed by atoms with Gasteiger partial charge in [0.05, 0.1) is 5.25 Å². The van der Waals surface area contributed by atoms with Crippen LogP contribution < -0.4 is 5.32 Å². The average Bonchev–Trinajstić information content (AvgIpc) is 3.11. The number of aryl methyl sites for hydroxylation is 1. The molecule has 0 saturated heterocycles. The Morgan fingerprint density at radius 3 is 2.69 bits per heavy atom. The van der Waals surface area contributed by atoms with Crippen molar-refractivity contribution in [2.45, 2.75) is 30.7 Å². The van der Waals surface area contributed by atoms with Crippen molar-refractivity contribution < 1.29 is 9.21 Å². The van der Waals surface area contributed by atoms with Crippen molar-refractivity contribution in [1.29, 1.82) is 0 Å². The minimum Gasteiger partial charge on any atom is -0.411 e. The summed E-state index contributed by atoms with van der Waals surface area (Å²) in [4.78, 5) is 12.4. The summed E-state index contributed by atoms with van der Waals surface area (Å²) >= 11 is 4.65. The number of carbonyl (C=O) groups excluding carboxylic acids is 1. The monoisotopic (exact) mass is 431 g/mol. The number of hydrogen-bond acceptors (Lipinski definition) is 5. The first-order valence-corrected chi connectivity index (χ1v) is 9.88. The van der Waals surface area contributed by atoms with Crippen LogP contribution in [-0.2, 0) is 11.2 Å². The lowest BCUT2D eigenvalue weighted by atomic mass is 10.1. The minimum absolute atomic E-state index is 0.110. The first-order valence-electron chi connectivity index (χ1n) is 8.21. The molecule has 1 atom stereocenters. The third-order valence-electron chi connectivity index (χ3n) is 3.75. The largest absolute Gasteiger partial charge is 0.411 e. The maximum Gasteiger partial charge on any atom is 0.277 e. The number of thioether (sulfide) groups is 1. The van der Waals surface area contributed by atoms with Crippen LogP contribution in [-0.4, -0.2) is 21.4 Å². The zero-order valence-electron chi connectivity index (χ0n) is 14.4. The Hall–Kier alpha value is -2.12. The Labute approximate surface area is 164 Å². The van der Waals surface area contributed by atoms with Gasteiger partial charge in [-0.2, -0.15) is 0 Å². The topological polar surface area (TPSA) is 68.0 Å². The molecule has 0 radical (unpaired) electrons. The number of hydrogen-bond donors (Lipinski definition) is 1. The fraction of sp³-hybridized carbons (Fsp3) is 0.211. The van der Waals surface area contributed by atoms with Gasteiger partial charge in [0.2, 0.25) is 11.8 Å². The van der Waals surface area contributed by atoms with E-state index >= 15 is 0 Å². The number of carbonyl (C=O) groups is 1. The molecule has 134 valence electrons. The maximum atomic E-state index is 12.4. The third kappa shape index (κ3) is 4.74. The van der Waals surface area contributed by atoms with Gasteiger partial charge in [0.15, 0.2) is 0 Å². The number of nitrogens with zero attached hydrogens (tertiary/aromatic N) is 2. The molecule has 0 bridgehead atoms. The smallest absolute Gasteiger partial charge is 0.277 e. The fourth-order valence-electron chi connectivity index (χ4n) is 2.27. The molecule has 2 aromatic carbocycles. The van der Waals surface area contributed by atoms with E-state index < -0.39 is 0 Å². The molecule has 1 aromatic heterocycles. The van der Waals surface area contributed by atoms with E-state index in [9.17, 15) is 4.79 Å². The fourth-order valence-corrected chi connectivity index (χ4v) is 3.35. The predicted molar refractivity (Wildman–Crippen MR) is 107 cm³/mol. The number of anilines is 1. The molecule has 0 aliphatic heterocycles. The van der Waals surface area contributed by atoms with Crippen molar-refractivity contribution in [2.75, 3.05) is 5.32 Å². The van der Waals surface area contributed by atoms with Gasteiger partial charge in [0, 0.05) is 15.7 Å². The van der Waals surface area contributed by atoms with E-state index in [1.54, 1.807) is 0 Å². The number of benzene rings is 2. The molecule has 0 saturated carbocycles. The van der Waals surface area contributed by atoms with E-state index in [0.717, 1.165) is 22.1 Å². The number of aromatic nitrogens is 2. The molecule has 1 amide bonds. The third-order valence-corrected chi connectivity index (χ3v) is 5.18. The van der Waals surface area contributed by atoms with Crippen LogP contribution in [0.2, 0.25) is 0 Å². The summed E-state index contributed by atoms with van der Waals surface area (Å²) in [6, 6.07) is 15.5. The summed E-state index contributed by atoms with van der Waals surface area (Å²) in [5, 5.41) is 11.0. The van der Waals surface area contributed by atoms with Gasteiger partial charge in [-0.15, -0.1) is 10.2 Å². The number of nitrogens with one attached hydrogen (secondary N) is 1. The summed E-state index contributed by atoms with van der Waals surface area (Å²) in [6.07, 6.45) is 0.970. The summed E-state index contributed by atoms with van der Waals surface area (Å²) in [7, 11) is 0. The second kappa shape index (κ2) is 8.51. The van der Waals surface area contributed by atoms with E-state index in [1.807, 2.05) is 55.5 Å². The highest BCUT2D eigenvalue weighted by Crippen LogP contribution is 2.28. The number of halogens is 1. The van der Waals surface area contributed by atoms with Gasteiger partial charge in [-0.05, 0) is 49.2 Å². The van der Waals surface area contributed by atoms with Gasteiger partial charge in [0.1, 0.15) is 0 Å². The van der Waals surface area contributed by atoms with Crippen LogP contribution in [0.5, 0.6) is 0 Å². The quantitative estimate of drug-likeness (QED) is 0.544. The van der Waals surface area contributed by atoms with Gasteiger partial charge < -0.3 is 9.73 Å². The first-order chi connectivity index (χ1) is 12.5. The molecule has 0 fully saturated rings. The van der Waals surface area contributed by atoms with Crippen LogP contribution in [0.25, 0.3) is 11.5 Å². The minimum atomic E-state index is -0.364. The summed E-state index contributed by atoms with van der Waals surface area (Å²) in [5.41, 5.74) is 2.84. The number of amides is 1. The lowest BCUT2D eigenvalue weighted by Crippen LogP contribution is -2.22. The Balaban J connectivity index is 1.62. The average molecular weight is 432 g/mol. The van der Waals surface area contributed by atoms with Crippen LogP contribution in [0.1, 0.15) is 19.4 Å². The van der Waals surface area contributed by atoms with Crippen LogP contribution in [0.4, 0.5) is 5.69 Å². The Morgan fingerprint density at radius 2 is 2.00 bits per heavy atom. The summed E-state index contributed by atoms with van der Waals surface area (Å²) < 4.78 is 6.60. The van der Waals surface area contributed by atoms with Crippen molar-refractivity contribution in [1.82, 2.24) is 10.2 Å². The van der Waals surface area contributed by atoms with Gasteiger partial charge >= 0.3 is 0 Å². The van der Waals surface area contributed by atoms with Crippen LogP contribution >= 0.6 is 27.7 Å². The molecule has 26 heavy (non-hydrogen) atoms. The van der Waals surface area contributed by atoms with Crippen molar-refractivity contribution in [2.24, 2.45) is 0 Å². The van der Waals surface area contributed by atoms with Gasteiger partial charge in [-0.25, -0.2) is 0 Å². The molecule has 5 nitrogen and oxygen atoms in total. The lowest BCUT2D eigenvalue weighted by molar-refractivity contribution is -0.115. The maximum absolute atomic E-state index is 12.4. The summed E-state index contributed by atoms with van der Waals surface area (Å²) in [5.74, 6) is 0.318. The van der Waals surface area contributed by atoms with E-state index in [1.165, 1.54) is 17.3 Å². The SMILES string of the molecule is CCc1ccc(NC(=O)[C@@H](C)Sc2nnc(-c3cccc(Br)c3)o2)cc1. The molecule has 0 aliphatic rings. The zero-order valence-corrected chi connectivity index (χ0v) is 16.8. The van der Waals surface area contributed by atoms with Crippen molar-refractivity contribution in [3.63, 3.8) is 0 Å². The van der Waals surface area contributed by atoms with Crippen molar-refractivity contribution in [3.05, 3.63) is 58.6 Å². The van der Waals surface area contributed by atoms with E-state index in [4.69, 9.17) is 4.42 Å². The second-order valence-corrected chi connectivity index (χ2v) is 7.89. The standard InChI is InChI=1S/C19H18BrN3O2S/c1-3-13-7-9-16(10-8-13)21-17(24)12(2)26-19-23-22-18(25-19)14-5-4-6-15(20)11-14/h4-12H,3H2,1-2H3,(H,21,24)/t12-/m1/s1. The molecular formula is C19H18BrN3O2S. The lowest BCUT2D eigenvalue weighted by Gasteiger charge is -2.10. The zero-order chi connectivity index (χ0) is 18.5. The van der Waals surface area contributed by atoms with Crippen LogP contribution in [0, 0.1) is 0 Å². The van der Waals surface area contributed by atoms with Gasteiger partial charge in [-0.1, -0.05) is 52.8 Å². The highest BCUT2D eigenvalue weighted by atomic mass is 79.9. The summed E-state index contributed by atoms with van der Waals surface area (Å²) in [6.45, 7) is 3.91. The second-order valence-electron chi connectivity index (χ2n) is 5.68. The van der Waals surface area contributed by atoms with Crippen molar-refractivity contribution >= 4 is 39.3 Å². The molecule has 3 aromatic rings. The molecule has 0 spiro atoms. The van der Waals surface area contributed by atoms with E-state index in [2.05, 4.69) is 38.4 Å². The molecule has 1 heterocycles. The van der Waals surface area contributed by atoms with E-state index in [0.29, 0.717) is 11.1 Å². The Bertz CT molecular complexity index is 896. The molecular weight excluding hydrogens is 414 g/mol. The van der Waals surface area contributed by atoms with E-state index in [-0.39, 0.29) is 11.2 Å². The molecule has 0 aliphatic carbocycles. The molecule has 1 N–H and O–H groups in total. The Morgan fingerprint density at radius 1 is 1.23 bits per heavy atom. The van der Waals surface area contributed by atoms with Gasteiger partial charge in [0.25, 0.3) is 5.22 Å².